The summed E-state index contributed by atoms with van der Waals surface area (Å²) in [6.45, 7) is 1.91. The molecule has 21 heavy (non-hydrogen) atoms. The van der Waals surface area contributed by atoms with E-state index in [2.05, 4.69) is 20.7 Å². The monoisotopic (exact) mass is 372 g/mol. The third kappa shape index (κ3) is 3.36. The van der Waals surface area contributed by atoms with Crippen molar-refractivity contribution in [1.29, 1.82) is 0 Å². The van der Waals surface area contributed by atoms with Gasteiger partial charge in [0.15, 0.2) is 0 Å². The maximum Gasteiger partial charge on any atom is 0.264 e. The van der Waals surface area contributed by atoms with Crippen molar-refractivity contribution in [2.45, 2.75) is 18.2 Å². The molecular weight excluding hydrogens is 359 g/mol. The van der Waals surface area contributed by atoms with Gasteiger partial charge in [-0.15, -0.1) is 0 Å². The van der Waals surface area contributed by atoms with Crippen LogP contribution in [-0.2, 0) is 16.4 Å². The quantitative estimate of drug-likeness (QED) is 0.806. The number of hydrogen-bond donors (Lipinski definition) is 2. The highest BCUT2D eigenvalue weighted by Gasteiger charge is 2.21. The number of rotatable bonds is 4. The molecule has 0 spiro atoms. The molecule has 0 aromatic heterocycles. The van der Waals surface area contributed by atoms with E-state index in [1.54, 1.807) is 12.1 Å². The van der Waals surface area contributed by atoms with Crippen LogP contribution in [0.4, 0.5) is 15.8 Å². The zero-order chi connectivity index (χ0) is 15.6. The molecule has 0 aliphatic rings. The van der Waals surface area contributed by atoms with Crippen LogP contribution in [-0.4, -0.2) is 8.42 Å². The maximum atomic E-state index is 13.9. The van der Waals surface area contributed by atoms with Crippen molar-refractivity contribution in [3.05, 3.63) is 52.3 Å². The van der Waals surface area contributed by atoms with Crippen LogP contribution in [0.25, 0.3) is 0 Å². The molecule has 0 saturated carbocycles. The lowest BCUT2D eigenvalue weighted by Gasteiger charge is -2.13. The molecular formula is C14H14BrFN2O2S. The largest absolute Gasteiger partial charge is 0.398 e. The zero-order valence-electron chi connectivity index (χ0n) is 11.2. The third-order valence-electron chi connectivity index (χ3n) is 2.98. The van der Waals surface area contributed by atoms with Crippen molar-refractivity contribution in [2.75, 3.05) is 10.5 Å². The van der Waals surface area contributed by atoms with Gasteiger partial charge in [0, 0.05) is 10.2 Å². The minimum atomic E-state index is -4.04. The Hall–Kier alpha value is -1.60. The van der Waals surface area contributed by atoms with Crippen LogP contribution in [0.1, 0.15) is 12.5 Å². The number of sulfonamides is 1. The minimum Gasteiger partial charge on any atom is -0.398 e. The summed E-state index contributed by atoms with van der Waals surface area (Å²) in [4.78, 5) is -0.478. The van der Waals surface area contributed by atoms with Gasteiger partial charge in [-0.1, -0.05) is 25.1 Å². The Balaban J connectivity index is 2.46. The van der Waals surface area contributed by atoms with E-state index in [9.17, 15) is 12.8 Å². The Bertz CT molecular complexity index is 779. The molecule has 0 bridgehead atoms. The number of aryl methyl sites for hydroxylation is 1. The summed E-state index contributed by atoms with van der Waals surface area (Å²) in [7, 11) is -4.04. The molecule has 0 radical (unpaired) electrons. The first-order valence-electron chi connectivity index (χ1n) is 6.20. The minimum absolute atomic E-state index is 0.153. The van der Waals surface area contributed by atoms with Gasteiger partial charge in [-0.25, -0.2) is 12.8 Å². The van der Waals surface area contributed by atoms with Crippen LogP contribution in [0.15, 0.2) is 45.8 Å². The second-order valence-corrected chi connectivity index (χ2v) is 6.93. The number of anilines is 2. The number of hydrogen-bond acceptors (Lipinski definition) is 3. The van der Waals surface area contributed by atoms with Crippen LogP contribution in [0.5, 0.6) is 0 Å². The lowest BCUT2D eigenvalue weighted by atomic mass is 10.1. The lowest BCUT2D eigenvalue weighted by molar-refractivity contribution is 0.570. The number of benzene rings is 2. The second kappa shape index (κ2) is 6.03. The number of nitrogens with one attached hydrogen (secondary N) is 1. The lowest BCUT2D eigenvalue weighted by Crippen LogP contribution is -2.16. The normalized spacial score (nSPS) is 11.4. The Morgan fingerprint density at radius 1 is 1.29 bits per heavy atom. The first kappa shape index (κ1) is 15.8. The number of halogens is 2. The van der Waals surface area contributed by atoms with Crippen molar-refractivity contribution in [3.63, 3.8) is 0 Å². The average Bonchev–Trinajstić information content (AvgIpc) is 2.43. The first-order chi connectivity index (χ1) is 9.85. The molecule has 4 nitrogen and oxygen atoms in total. The molecule has 0 amide bonds. The number of nitrogens with two attached hydrogens (primary N) is 1. The van der Waals surface area contributed by atoms with Crippen molar-refractivity contribution in [3.8, 4) is 0 Å². The molecule has 3 N–H and O–H groups in total. The van der Waals surface area contributed by atoms with Crippen LogP contribution in [0.2, 0.25) is 0 Å². The highest BCUT2D eigenvalue weighted by atomic mass is 79.9. The van der Waals surface area contributed by atoms with Crippen molar-refractivity contribution < 1.29 is 12.8 Å². The molecule has 0 heterocycles. The third-order valence-corrected chi connectivity index (χ3v) is 5.05. The van der Waals surface area contributed by atoms with Crippen LogP contribution < -0.4 is 10.5 Å². The van der Waals surface area contributed by atoms with E-state index in [-0.39, 0.29) is 5.69 Å². The van der Waals surface area contributed by atoms with Crippen LogP contribution in [0, 0.1) is 5.82 Å². The van der Waals surface area contributed by atoms with E-state index in [4.69, 9.17) is 5.73 Å². The Morgan fingerprint density at radius 2 is 1.95 bits per heavy atom. The molecule has 0 unspecified atom stereocenters. The van der Waals surface area contributed by atoms with Gasteiger partial charge in [0.25, 0.3) is 10.0 Å². The van der Waals surface area contributed by atoms with Crippen molar-refractivity contribution in [1.82, 2.24) is 0 Å². The number of para-hydroxylation sites is 1. The summed E-state index contributed by atoms with van der Waals surface area (Å²) in [5.74, 6) is -0.863. The second-order valence-electron chi connectivity index (χ2n) is 4.42. The van der Waals surface area contributed by atoms with Gasteiger partial charge in [-0.2, -0.15) is 0 Å². The van der Waals surface area contributed by atoms with Gasteiger partial charge in [0.05, 0.1) is 5.69 Å². The Kier molecular flexibility index (Phi) is 4.53. The fourth-order valence-corrected chi connectivity index (χ4v) is 3.39. The molecule has 112 valence electrons. The molecule has 7 heteroatoms. The fraction of sp³-hybridized carbons (Fsp3) is 0.143. The standard InChI is InChI=1S/C14H14BrFN2O2S/c1-2-9-5-3-4-6-13(9)18-21(19,20)14-8-12(17)10(15)7-11(14)16/h3-8,18H,2,17H2,1H3. The average molecular weight is 373 g/mol. The molecule has 2 aromatic rings. The van der Waals surface area contributed by atoms with E-state index in [1.807, 2.05) is 19.1 Å². The highest BCUT2D eigenvalue weighted by molar-refractivity contribution is 9.10. The summed E-state index contributed by atoms with van der Waals surface area (Å²) in [6, 6.07) is 9.10. The highest BCUT2D eigenvalue weighted by Crippen LogP contribution is 2.28. The molecule has 0 atom stereocenters. The van der Waals surface area contributed by atoms with Crippen LogP contribution in [0.3, 0.4) is 0 Å². The molecule has 0 aliphatic heterocycles. The topological polar surface area (TPSA) is 72.2 Å². The molecule has 2 aromatic carbocycles. The summed E-state index contributed by atoms with van der Waals surface area (Å²) in [6.07, 6.45) is 0.656. The Labute approximate surface area is 131 Å². The van der Waals surface area contributed by atoms with Gasteiger partial charge < -0.3 is 5.73 Å². The predicted octanol–water partition coefficient (Wildman–Crippen LogP) is 3.53. The van der Waals surface area contributed by atoms with Gasteiger partial charge in [0.1, 0.15) is 10.7 Å². The molecule has 0 aliphatic carbocycles. The zero-order valence-corrected chi connectivity index (χ0v) is 13.6. The smallest absolute Gasteiger partial charge is 0.264 e. The van der Waals surface area contributed by atoms with Gasteiger partial charge in [0.2, 0.25) is 0 Å². The summed E-state index contributed by atoms with van der Waals surface area (Å²) in [5.41, 5.74) is 7.04. The molecule has 0 saturated heterocycles. The van der Waals surface area contributed by atoms with E-state index in [0.29, 0.717) is 16.6 Å². The van der Waals surface area contributed by atoms with Gasteiger partial charge >= 0.3 is 0 Å². The Morgan fingerprint density at radius 3 is 2.62 bits per heavy atom. The van der Waals surface area contributed by atoms with E-state index < -0.39 is 20.7 Å². The fourth-order valence-electron chi connectivity index (χ4n) is 1.88. The summed E-state index contributed by atoms with van der Waals surface area (Å²) >= 11 is 3.06. The predicted molar refractivity (Wildman–Crippen MR) is 85.1 cm³/mol. The molecule has 0 fully saturated rings. The van der Waals surface area contributed by atoms with Crippen LogP contribution >= 0.6 is 15.9 Å². The molecule has 2 rings (SSSR count). The first-order valence-corrected chi connectivity index (χ1v) is 8.48. The summed E-state index contributed by atoms with van der Waals surface area (Å²) in [5, 5.41) is 0. The van der Waals surface area contributed by atoms with E-state index >= 15 is 0 Å². The van der Waals surface area contributed by atoms with Gasteiger partial charge in [-0.3, -0.25) is 4.72 Å². The van der Waals surface area contributed by atoms with Crippen molar-refractivity contribution in [2.24, 2.45) is 0 Å². The van der Waals surface area contributed by atoms with Crippen molar-refractivity contribution >= 4 is 37.3 Å². The number of nitrogen functional groups attached to an aromatic ring is 1. The summed E-state index contributed by atoms with van der Waals surface area (Å²) < 4.78 is 41.3. The SMILES string of the molecule is CCc1ccccc1NS(=O)(=O)c1cc(N)c(Br)cc1F. The van der Waals surface area contributed by atoms with E-state index in [1.165, 1.54) is 0 Å². The van der Waals surface area contributed by atoms with Gasteiger partial charge in [-0.05, 0) is 46.1 Å². The maximum absolute atomic E-state index is 13.9. The van der Waals surface area contributed by atoms with E-state index in [0.717, 1.165) is 17.7 Å².